The second-order valence-corrected chi connectivity index (χ2v) is 6.60. The van der Waals surface area contributed by atoms with Crippen LogP contribution in [0.4, 0.5) is 5.69 Å². The number of carbonyl (C=O) groups excluding carboxylic acids is 3. The Morgan fingerprint density at radius 2 is 2.04 bits per heavy atom. The summed E-state index contributed by atoms with van der Waals surface area (Å²) in [6.07, 6.45) is 0.385. The molecule has 1 aromatic rings. The number of nitrogens with two attached hydrogens (primary N) is 1. The van der Waals surface area contributed by atoms with Gasteiger partial charge in [0.2, 0.25) is 5.91 Å². The Morgan fingerprint density at radius 1 is 1.39 bits per heavy atom. The van der Waals surface area contributed by atoms with Crippen molar-refractivity contribution >= 4 is 39.3 Å². The lowest BCUT2D eigenvalue weighted by atomic mass is 9.85. The summed E-state index contributed by atoms with van der Waals surface area (Å²) in [4.78, 5) is 37.7. The zero-order chi connectivity index (χ0) is 17.1. The largest absolute Gasteiger partial charge is 0.369 e. The SMILES string of the molecule is C=C(Br)CNC(=O)C(=O)N1c2ccccc2C(C(N)=O)CC1C. The normalized spacial score (nSPS) is 19.7. The number of rotatable bonds is 3. The van der Waals surface area contributed by atoms with Crippen molar-refractivity contribution in [3.05, 3.63) is 40.9 Å². The van der Waals surface area contributed by atoms with Crippen LogP contribution in [0.5, 0.6) is 0 Å². The number of hydrogen-bond donors (Lipinski definition) is 2. The van der Waals surface area contributed by atoms with Gasteiger partial charge >= 0.3 is 11.8 Å². The first-order valence-corrected chi connectivity index (χ1v) is 7.95. The number of nitrogens with zero attached hydrogens (tertiary/aromatic N) is 1. The highest BCUT2D eigenvalue weighted by Crippen LogP contribution is 2.38. The molecule has 0 fully saturated rings. The van der Waals surface area contributed by atoms with Crippen LogP contribution in [0.1, 0.15) is 24.8 Å². The van der Waals surface area contributed by atoms with E-state index < -0.39 is 23.6 Å². The molecule has 1 aromatic carbocycles. The molecule has 1 heterocycles. The maximum Gasteiger partial charge on any atom is 0.316 e. The van der Waals surface area contributed by atoms with Crippen LogP contribution in [0.25, 0.3) is 0 Å². The summed E-state index contributed by atoms with van der Waals surface area (Å²) >= 11 is 3.12. The van der Waals surface area contributed by atoms with Crippen LogP contribution >= 0.6 is 15.9 Å². The highest BCUT2D eigenvalue weighted by atomic mass is 79.9. The first-order chi connectivity index (χ1) is 10.8. The minimum Gasteiger partial charge on any atom is -0.369 e. The zero-order valence-corrected chi connectivity index (χ0v) is 14.3. The molecule has 2 rings (SSSR count). The van der Waals surface area contributed by atoms with E-state index in [4.69, 9.17) is 5.73 Å². The third kappa shape index (κ3) is 3.61. The molecular weight excluding hydrogens is 362 g/mol. The van der Waals surface area contributed by atoms with Gasteiger partial charge in [0.1, 0.15) is 0 Å². The third-order valence-corrected chi connectivity index (χ3v) is 4.07. The number of nitrogens with one attached hydrogen (secondary N) is 1. The molecule has 3 amide bonds. The van der Waals surface area contributed by atoms with Crippen molar-refractivity contribution in [2.75, 3.05) is 11.4 Å². The highest BCUT2D eigenvalue weighted by molar-refractivity contribution is 9.11. The summed E-state index contributed by atoms with van der Waals surface area (Å²) < 4.78 is 0.569. The molecule has 23 heavy (non-hydrogen) atoms. The highest BCUT2D eigenvalue weighted by Gasteiger charge is 2.37. The average Bonchev–Trinajstić information content (AvgIpc) is 2.51. The fourth-order valence-corrected chi connectivity index (χ4v) is 2.89. The Kier molecular flexibility index (Phi) is 5.20. The van der Waals surface area contributed by atoms with E-state index in [1.807, 2.05) is 0 Å². The van der Waals surface area contributed by atoms with E-state index in [1.165, 1.54) is 4.90 Å². The first-order valence-electron chi connectivity index (χ1n) is 7.15. The van der Waals surface area contributed by atoms with Gasteiger partial charge in [-0.2, -0.15) is 0 Å². The van der Waals surface area contributed by atoms with Gasteiger partial charge in [-0.15, -0.1) is 0 Å². The van der Waals surface area contributed by atoms with E-state index in [0.717, 1.165) is 0 Å². The number of carbonyl (C=O) groups is 3. The van der Waals surface area contributed by atoms with Crippen LogP contribution in [0.15, 0.2) is 35.3 Å². The third-order valence-electron chi connectivity index (χ3n) is 3.79. The van der Waals surface area contributed by atoms with Gasteiger partial charge in [-0.25, -0.2) is 0 Å². The van der Waals surface area contributed by atoms with Crippen molar-refractivity contribution in [1.82, 2.24) is 5.32 Å². The molecule has 6 nitrogen and oxygen atoms in total. The lowest BCUT2D eigenvalue weighted by Crippen LogP contribution is -2.51. The van der Waals surface area contributed by atoms with Gasteiger partial charge in [-0.1, -0.05) is 40.7 Å². The smallest absolute Gasteiger partial charge is 0.316 e. The van der Waals surface area contributed by atoms with Gasteiger partial charge in [0.15, 0.2) is 0 Å². The molecule has 0 radical (unpaired) electrons. The van der Waals surface area contributed by atoms with Crippen LogP contribution in [-0.4, -0.2) is 30.3 Å². The maximum atomic E-state index is 12.5. The second kappa shape index (κ2) is 6.95. The molecule has 0 saturated heterocycles. The molecule has 122 valence electrons. The van der Waals surface area contributed by atoms with Gasteiger partial charge < -0.3 is 16.0 Å². The number of anilines is 1. The predicted molar refractivity (Wildman–Crippen MR) is 91.0 cm³/mol. The molecule has 1 aliphatic heterocycles. The molecule has 2 unspecified atom stereocenters. The van der Waals surface area contributed by atoms with E-state index in [0.29, 0.717) is 22.2 Å². The standard InChI is InChI=1S/C16H18BrN3O3/c1-9(17)8-19-15(22)16(23)20-10(2)7-12(14(18)21)11-5-3-4-6-13(11)20/h3-6,10,12H,1,7-8H2,2H3,(H2,18,21)(H,19,22). The van der Waals surface area contributed by atoms with Crippen molar-refractivity contribution in [3.63, 3.8) is 0 Å². The van der Waals surface area contributed by atoms with Crippen molar-refractivity contribution in [2.45, 2.75) is 25.3 Å². The molecule has 2 atom stereocenters. The number of benzene rings is 1. The quantitative estimate of drug-likeness (QED) is 0.777. The minimum absolute atomic E-state index is 0.165. The Bertz CT molecular complexity index is 674. The van der Waals surface area contributed by atoms with Gasteiger partial charge in [0.05, 0.1) is 5.92 Å². The fourth-order valence-electron chi connectivity index (χ4n) is 2.75. The van der Waals surface area contributed by atoms with E-state index in [1.54, 1.807) is 31.2 Å². The summed E-state index contributed by atoms with van der Waals surface area (Å²) in [6, 6.07) is 6.70. The zero-order valence-electron chi connectivity index (χ0n) is 12.7. The van der Waals surface area contributed by atoms with Crippen molar-refractivity contribution in [3.8, 4) is 0 Å². The molecule has 3 N–H and O–H groups in total. The predicted octanol–water partition coefficient (Wildman–Crippen LogP) is 1.41. The van der Waals surface area contributed by atoms with Crippen LogP contribution in [0.2, 0.25) is 0 Å². The van der Waals surface area contributed by atoms with E-state index >= 15 is 0 Å². The van der Waals surface area contributed by atoms with Gasteiger partial charge in [0, 0.05) is 22.8 Å². The lowest BCUT2D eigenvalue weighted by Gasteiger charge is -2.37. The fraction of sp³-hybridized carbons (Fsp3) is 0.312. The van der Waals surface area contributed by atoms with Crippen molar-refractivity contribution < 1.29 is 14.4 Å². The molecule has 7 heteroatoms. The second-order valence-electron chi connectivity index (χ2n) is 5.47. The molecule has 1 aliphatic rings. The first kappa shape index (κ1) is 17.2. The molecule has 0 spiro atoms. The van der Waals surface area contributed by atoms with Crippen molar-refractivity contribution in [2.24, 2.45) is 5.73 Å². The topological polar surface area (TPSA) is 92.5 Å². The molecule has 0 aliphatic carbocycles. The summed E-state index contributed by atoms with van der Waals surface area (Å²) in [5.74, 6) is -2.28. The molecule has 0 aromatic heterocycles. The summed E-state index contributed by atoms with van der Waals surface area (Å²) in [7, 11) is 0. The summed E-state index contributed by atoms with van der Waals surface area (Å²) in [5, 5.41) is 2.50. The number of primary amides is 1. The monoisotopic (exact) mass is 379 g/mol. The average molecular weight is 380 g/mol. The molecular formula is C16H18BrN3O3. The van der Waals surface area contributed by atoms with Crippen LogP contribution in [0, 0.1) is 0 Å². The van der Waals surface area contributed by atoms with Gasteiger partial charge in [0.25, 0.3) is 0 Å². The number of hydrogen-bond acceptors (Lipinski definition) is 3. The van der Waals surface area contributed by atoms with Gasteiger partial charge in [-0.05, 0) is 25.0 Å². The molecule has 0 saturated carbocycles. The van der Waals surface area contributed by atoms with Crippen LogP contribution in [0.3, 0.4) is 0 Å². The van der Waals surface area contributed by atoms with E-state index in [-0.39, 0.29) is 12.6 Å². The number of amides is 3. The number of halogens is 1. The van der Waals surface area contributed by atoms with Crippen LogP contribution < -0.4 is 16.0 Å². The summed E-state index contributed by atoms with van der Waals surface area (Å²) in [6.45, 7) is 5.56. The van der Waals surface area contributed by atoms with Crippen molar-refractivity contribution in [1.29, 1.82) is 0 Å². The van der Waals surface area contributed by atoms with E-state index in [9.17, 15) is 14.4 Å². The van der Waals surface area contributed by atoms with Gasteiger partial charge in [-0.3, -0.25) is 14.4 Å². The Balaban J connectivity index is 2.33. The Hall–Kier alpha value is -2.15. The molecule has 0 bridgehead atoms. The van der Waals surface area contributed by atoms with E-state index in [2.05, 4.69) is 27.8 Å². The Labute approximate surface area is 142 Å². The summed E-state index contributed by atoms with van der Waals surface area (Å²) in [5.41, 5.74) is 6.69. The number of fused-ring (bicyclic) bond motifs is 1. The van der Waals surface area contributed by atoms with Crippen LogP contribution in [-0.2, 0) is 14.4 Å². The maximum absolute atomic E-state index is 12.5. The minimum atomic E-state index is -0.718. The Morgan fingerprint density at radius 3 is 2.65 bits per heavy atom. The lowest BCUT2D eigenvalue weighted by molar-refractivity contribution is -0.137. The number of para-hydroxylation sites is 1.